The van der Waals surface area contributed by atoms with Crippen LogP contribution in [0.5, 0.6) is 0 Å². The number of hydrogen-bond acceptors (Lipinski definition) is 4. The van der Waals surface area contributed by atoms with Gasteiger partial charge in [-0.1, -0.05) is 12.8 Å². The maximum atomic E-state index is 8.53. The minimum Gasteiger partial charge on any atom is -0.427 e. The molecule has 0 unspecified atom stereocenters. The fourth-order valence-corrected chi connectivity index (χ4v) is 3.82. The molecule has 2 aliphatic rings. The lowest BCUT2D eigenvalue weighted by Gasteiger charge is -2.33. The maximum Gasteiger partial charge on any atom is 0.286 e. The van der Waals surface area contributed by atoms with Gasteiger partial charge in [0.1, 0.15) is 12.7 Å². The van der Waals surface area contributed by atoms with E-state index in [2.05, 4.69) is 0 Å². The van der Waals surface area contributed by atoms with Crippen molar-refractivity contribution in [2.24, 2.45) is 17.8 Å². The smallest absolute Gasteiger partial charge is 0.286 e. The van der Waals surface area contributed by atoms with Crippen molar-refractivity contribution in [2.75, 3.05) is 6.61 Å². The molecule has 0 aromatic carbocycles. The Morgan fingerprint density at radius 1 is 0.750 bits per heavy atom. The van der Waals surface area contributed by atoms with Crippen LogP contribution in [0.1, 0.15) is 57.8 Å². The summed E-state index contributed by atoms with van der Waals surface area (Å²) < 4.78 is 9.90. The second-order valence-corrected chi connectivity index (χ2v) is 6.38. The molecule has 0 saturated heterocycles. The second-order valence-electron chi connectivity index (χ2n) is 6.38. The van der Waals surface area contributed by atoms with Crippen LogP contribution in [0.15, 0.2) is 0 Å². The SMILES string of the molecule is N#COCC1CCC(CC2CCC(OC#N)CC2)CC1. The van der Waals surface area contributed by atoms with Crippen LogP contribution in [0.4, 0.5) is 0 Å². The number of hydrogen-bond donors (Lipinski definition) is 0. The van der Waals surface area contributed by atoms with E-state index in [1.807, 2.05) is 6.26 Å². The minimum absolute atomic E-state index is 0.176. The molecule has 0 aliphatic heterocycles. The van der Waals surface area contributed by atoms with Crippen molar-refractivity contribution in [2.45, 2.75) is 63.9 Å². The normalized spacial score (nSPS) is 33.7. The Balaban J connectivity index is 1.62. The molecule has 0 N–H and O–H groups in total. The summed E-state index contributed by atoms with van der Waals surface area (Å²) in [5.41, 5.74) is 0. The van der Waals surface area contributed by atoms with Gasteiger partial charge in [0.25, 0.3) is 12.5 Å². The predicted octanol–water partition coefficient (Wildman–Crippen LogP) is 3.74. The molecule has 0 radical (unpaired) electrons. The van der Waals surface area contributed by atoms with Crippen molar-refractivity contribution in [3.63, 3.8) is 0 Å². The Hall–Kier alpha value is -1.42. The lowest BCUT2D eigenvalue weighted by atomic mass is 9.75. The summed E-state index contributed by atoms with van der Waals surface area (Å²) in [6.07, 6.45) is 14.6. The van der Waals surface area contributed by atoms with Crippen LogP contribution in [-0.2, 0) is 9.47 Å². The van der Waals surface area contributed by atoms with Crippen LogP contribution < -0.4 is 0 Å². The van der Waals surface area contributed by atoms with Gasteiger partial charge < -0.3 is 9.47 Å². The third-order valence-electron chi connectivity index (χ3n) is 5.03. The van der Waals surface area contributed by atoms with Crippen LogP contribution in [0.25, 0.3) is 0 Å². The molecule has 20 heavy (non-hydrogen) atoms. The van der Waals surface area contributed by atoms with Crippen molar-refractivity contribution < 1.29 is 9.47 Å². The molecule has 2 saturated carbocycles. The summed E-state index contributed by atoms with van der Waals surface area (Å²) in [6.45, 7) is 0.611. The Labute approximate surface area is 121 Å². The Morgan fingerprint density at radius 3 is 1.85 bits per heavy atom. The topological polar surface area (TPSA) is 66.0 Å². The van der Waals surface area contributed by atoms with Crippen LogP contribution >= 0.6 is 0 Å². The van der Waals surface area contributed by atoms with E-state index in [0.717, 1.165) is 24.7 Å². The third kappa shape index (κ3) is 4.60. The quantitative estimate of drug-likeness (QED) is 0.717. The monoisotopic (exact) mass is 276 g/mol. The van der Waals surface area contributed by atoms with Crippen LogP contribution in [0.3, 0.4) is 0 Å². The predicted molar refractivity (Wildman–Crippen MR) is 74.1 cm³/mol. The zero-order valence-electron chi connectivity index (χ0n) is 12.1. The van der Waals surface area contributed by atoms with Crippen molar-refractivity contribution in [3.05, 3.63) is 0 Å². The summed E-state index contributed by atoms with van der Waals surface area (Å²) in [6, 6.07) is 0. The highest BCUT2D eigenvalue weighted by atomic mass is 16.5. The molecule has 0 atom stereocenters. The molecular weight excluding hydrogens is 252 g/mol. The highest BCUT2D eigenvalue weighted by molar-refractivity contribution is 4.80. The zero-order chi connectivity index (χ0) is 14.2. The summed E-state index contributed by atoms with van der Waals surface area (Å²) in [4.78, 5) is 0. The van der Waals surface area contributed by atoms with Crippen molar-refractivity contribution in [1.29, 1.82) is 10.5 Å². The van der Waals surface area contributed by atoms with E-state index in [1.165, 1.54) is 44.9 Å². The number of nitriles is 2. The van der Waals surface area contributed by atoms with Gasteiger partial charge in [0.2, 0.25) is 0 Å². The van der Waals surface area contributed by atoms with E-state index >= 15 is 0 Å². The molecule has 2 rings (SSSR count). The van der Waals surface area contributed by atoms with Gasteiger partial charge in [0, 0.05) is 0 Å². The Morgan fingerprint density at radius 2 is 1.30 bits per heavy atom. The van der Waals surface area contributed by atoms with E-state index in [1.54, 1.807) is 6.26 Å². The molecule has 2 aliphatic carbocycles. The van der Waals surface area contributed by atoms with Gasteiger partial charge in [0.05, 0.1) is 0 Å². The Kier molecular flexibility index (Phi) is 5.99. The third-order valence-corrected chi connectivity index (χ3v) is 5.03. The van der Waals surface area contributed by atoms with Crippen LogP contribution in [-0.4, -0.2) is 12.7 Å². The molecule has 0 heterocycles. The molecule has 4 nitrogen and oxygen atoms in total. The maximum absolute atomic E-state index is 8.53. The molecule has 110 valence electrons. The zero-order valence-corrected chi connectivity index (χ0v) is 12.1. The van der Waals surface area contributed by atoms with E-state index in [4.69, 9.17) is 20.0 Å². The summed E-state index contributed by atoms with van der Waals surface area (Å²) in [7, 11) is 0. The fourth-order valence-electron chi connectivity index (χ4n) is 3.82. The summed E-state index contributed by atoms with van der Waals surface area (Å²) in [5.74, 6) is 2.27. The highest BCUT2D eigenvalue weighted by Gasteiger charge is 2.27. The van der Waals surface area contributed by atoms with Gasteiger partial charge in [-0.25, -0.2) is 0 Å². The summed E-state index contributed by atoms with van der Waals surface area (Å²) in [5, 5.41) is 17.0. The number of rotatable bonds is 5. The first-order valence-corrected chi connectivity index (χ1v) is 7.87. The first-order chi connectivity index (χ1) is 9.81. The fraction of sp³-hybridized carbons (Fsp3) is 0.875. The van der Waals surface area contributed by atoms with E-state index in [-0.39, 0.29) is 6.10 Å². The molecular formula is C16H24N2O2. The van der Waals surface area contributed by atoms with Gasteiger partial charge in [-0.05, 0) is 62.7 Å². The second kappa shape index (κ2) is 8.00. The molecule has 0 bridgehead atoms. The molecule has 0 amide bonds. The molecule has 0 aromatic heterocycles. The summed E-state index contributed by atoms with van der Waals surface area (Å²) >= 11 is 0. The van der Waals surface area contributed by atoms with Gasteiger partial charge in [-0.2, -0.15) is 10.5 Å². The van der Waals surface area contributed by atoms with Gasteiger partial charge in [-0.3, -0.25) is 0 Å². The standard InChI is InChI=1S/C16H24N2O2/c17-11-19-10-15-3-1-13(2-4-15)9-14-5-7-16(8-6-14)20-12-18/h13-16H,1-10H2. The average Bonchev–Trinajstić information content (AvgIpc) is 2.49. The molecule has 2 fully saturated rings. The van der Waals surface area contributed by atoms with Gasteiger partial charge >= 0.3 is 0 Å². The van der Waals surface area contributed by atoms with Crippen molar-refractivity contribution >= 4 is 0 Å². The first kappa shape index (κ1) is 15.0. The van der Waals surface area contributed by atoms with Gasteiger partial charge in [-0.15, -0.1) is 0 Å². The van der Waals surface area contributed by atoms with E-state index in [9.17, 15) is 0 Å². The van der Waals surface area contributed by atoms with Crippen LogP contribution in [0, 0.1) is 40.8 Å². The molecule has 0 spiro atoms. The van der Waals surface area contributed by atoms with Crippen LogP contribution in [0.2, 0.25) is 0 Å². The average molecular weight is 276 g/mol. The number of nitrogens with zero attached hydrogens (tertiary/aromatic N) is 2. The van der Waals surface area contributed by atoms with Crippen molar-refractivity contribution in [3.8, 4) is 12.5 Å². The highest BCUT2D eigenvalue weighted by Crippen LogP contribution is 2.37. The Bertz CT molecular complexity index is 356. The van der Waals surface area contributed by atoms with Gasteiger partial charge in [0.15, 0.2) is 0 Å². The lowest BCUT2D eigenvalue weighted by Crippen LogP contribution is -2.24. The first-order valence-electron chi connectivity index (χ1n) is 7.87. The minimum atomic E-state index is 0.176. The largest absolute Gasteiger partial charge is 0.427 e. The lowest BCUT2D eigenvalue weighted by molar-refractivity contribution is 0.0876. The molecule has 4 heteroatoms. The molecule has 0 aromatic rings. The van der Waals surface area contributed by atoms with E-state index < -0.39 is 0 Å². The van der Waals surface area contributed by atoms with E-state index in [0.29, 0.717) is 12.5 Å². The van der Waals surface area contributed by atoms with Crippen molar-refractivity contribution in [1.82, 2.24) is 0 Å². The number of ether oxygens (including phenoxy) is 2.